The lowest BCUT2D eigenvalue weighted by atomic mass is 10.1. The third-order valence-corrected chi connectivity index (χ3v) is 4.75. The number of nitrogens with one attached hydrogen (secondary N) is 1. The van der Waals surface area contributed by atoms with Crippen LogP contribution in [0.5, 0.6) is 5.75 Å². The van der Waals surface area contributed by atoms with Gasteiger partial charge in [0.25, 0.3) is 11.8 Å². The largest absolute Gasteiger partial charge is 0.471 e. The van der Waals surface area contributed by atoms with E-state index < -0.39 is 34.5 Å². The van der Waals surface area contributed by atoms with E-state index in [1.54, 1.807) is 30.3 Å². The second-order valence-corrected chi connectivity index (χ2v) is 7.27. The molecule has 0 radical (unpaired) electrons. The summed E-state index contributed by atoms with van der Waals surface area (Å²) in [7, 11) is 1.15. The van der Waals surface area contributed by atoms with Gasteiger partial charge in [0.1, 0.15) is 5.57 Å². The van der Waals surface area contributed by atoms with E-state index in [0.717, 1.165) is 12.1 Å². The van der Waals surface area contributed by atoms with Gasteiger partial charge in [-0.1, -0.05) is 34.1 Å². The minimum absolute atomic E-state index is 0.0604. The Bertz CT molecular complexity index is 1100. The minimum Gasteiger partial charge on any atom is -0.471 e. The summed E-state index contributed by atoms with van der Waals surface area (Å²) >= 11 is 3.18. The number of ether oxygens (including phenoxy) is 2. The molecule has 0 saturated carbocycles. The quantitative estimate of drug-likeness (QED) is 0.217. The van der Waals surface area contributed by atoms with Crippen LogP contribution in [0.2, 0.25) is 0 Å². The Morgan fingerprint density at radius 1 is 1.26 bits per heavy atom. The molecule has 1 saturated heterocycles. The van der Waals surface area contributed by atoms with Crippen LogP contribution >= 0.6 is 15.9 Å². The molecule has 1 heterocycles. The highest BCUT2D eigenvalue weighted by molar-refractivity contribution is 9.10. The van der Waals surface area contributed by atoms with E-state index in [0.29, 0.717) is 10.2 Å². The maximum absolute atomic E-state index is 12.8. The van der Waals surface area contributed by atoms with Gasteiger partial charge in [0, 0.05) is 16.1 Å². The van der Waals surface area contributed by atoms with Crippen LogP contribution in [0.4, 0.5) is 11.4 Å². The number of anilines is 1. The number of methoxy groups -OCH3 is 1. The van der Waals surface area contributed by atoms with Crippen molar-refractivity contribution in [1.82, 2.24) is 5.43 Å². The van der Waals surface area contributed by atoms with E-state index in [4.69, 9.17) is 4.74 Å². The smallest absolute Gasteiger partial charge is 0.346 e. The summed E-state index contributed by atoms with van der Waals surface area (Å²) in [4.78, 5) is 47.9. The Morgan fingerprint density at radius 3 is 2.55 bits per heavy atom. The SMILES string of the molecule is COC(=O)[C@H](C)Oc1c(/C=C2/C(=O)NN(c3ccccc3)C2=O)cc(Br)cc1[N+](=O)[O-]. The van der Waals surface area contributed by atoms with E-state index in [-0.39, 0.29) is 16.9 Å². The zero-order valence-electron chi connectivity index (χ0n) is 16.3. The number of hydrogen-bond acceptors (Lipinski definition) is 7. The maximum Gasteiger partial charge on any atom is 0.346 e. The highest BCUT2D eigenvalue weighted by Gasteiger charge is 2.35. The van der Waals surface area contributed by atoms with Crippen LogP contribution in [-0.2, 0) is 19.1 Å². The number of carbonyl (C=O) groups excluding carboxylic acids is 3. The third-order valence-electron chi connectivity index (χ3n) is 4.29. The molecule has 31 heavy (non-hydrogen) atoms. The Kier molecular flexibility index (Phi) is 6.35. The third kappa shape index (κ3) is 4.56. The first-order valence-electron chi connectivity index (χ1n) is 8.87. The molecule has 0 spiro atoms. The normalized spacial score (nSPS) is 15.6. The highest BCUT2D eigenvalue weighted by atomic mass is 79.9. The van der Waals surface area contributed by atoms with Crippen LogP contribution in [0.1, 0.15) is 12.5 Å². The number of nitro groups is 1. The Hall–Kier alpha value is -3.73. The van der Waals surface area contributed by atoms with Crippen molar-refractivity contribution in [3.05, 3.63) is 68.2 Å². The zero-order valence-corrected chi connectivity index (χ0v) is 17.9. The molecule has 11 heteroatoms. The predicted octanol–water partition coefficient (Wildman–Crippen LogP) is 2.76. The molecule has 0 bridgehead atoms. The van der Waals surface area contributed by atoms with Gasteiger partial charge in [-0.3, -0.25) is 25.1 Å². The lowest BCUT2D eigenvalue weighted by molar-refractivity contribution is -0.386. The standard InChI is InChI=1S/C20H16BrN3O7/c1-11(20(27)30-2)31-17-12(8-13(21)10-16(17)24(28)29)9-15-18(25)22-23(19(15)26)14-6-4-3-5-7-14/h3-11H,1-2H3,(H,22,25)/b15-9-/t11-/m0/s1. The first kappa shape index (κ1) is 22.0. The van der Waals surface area contributed by atoms with E-state index in [1.807, 2.05) is 0 Å². The Labute approximate surface area is 184 Å². The number of hydrazine groups is 1. The fourth-order valence-electron chi connectivity index (χ4n) is 2.83. The summed E-state index contributed by atoms with van der Waals surface area (Å²) in [5, 5.41) is 12.6. The molecule has 0 aromatic heterocycles. The summed E-state index contributed by atoms with van der Waals surface area (Å²) in [6.07, 6.45) is 0.00786. The molecular formula is C20H16BrN3O7. The van der Waals surface area contributed by atoms with Crippen molar-refractivity contribution in [1.29, 1.82) is 0 Å². The van der Waals surface area contributed by atoms with Crippen molar-refractivity contribution in [3.8, 4) is 5.75 Å². The van der Waals surface area contributed by atoms with Crippen molar-refractivity contribution in [2.45, 2.75) is 13.0 Å². The first-order chi connectivity index (χ1) is 14.7. The summed E-state index contributed by atoms with van der Waals surface area (Å²) in [6, 6.07) is 11.1. The number of halogens is 1. The summed E-state index contributed by atoms with van der Waals surface area (Å²) < 4.78 is 10.4. The number of hydrogen-bond donors (Lipinski definition) is 1. The lowest BCUT2D eigenvalue weighted by Crippen LogP contribution is -2.35. The number of esters is 1. The maximum atomic E-state index is 12.8. The molecule has 0 aliphatic carbocycles. The van der Waals surface area contributed by atoms with Gasteiger partial charge in [0.2, 0.25) is 5.75 Å². The average Bonchev–Trinajstić information content (AvgIpc) is 3.03. The van der Waals surface area contributed by atoms with Gasteiger partial charge < -0.3 is 9.47 Å². The van der Waals surface area contributed by atoms with Crippen LogP contribution in [0.3, 0.4) is 0 Å². The van der Waals surface area contributed by atoms with Crippen molar-refractivity contribution in [2.24, 2.45) is 0 Å². The van der Waals surface area contributed by atoms with Gasteiger partial charge in [-0.05, 0) is 31.2 Å². The van der Waals surface area contributed by atoms with E-state index >= 15 is 0 Å². The molecule has 2 aromatic rings. The summed E-state index contributed by atoms with van der Waals surface area (Å²) in [5.41, 5.74) is 2.24. The topological polar surface area (TPSA) is 128 Å². The summed E-state index contributed by atoms with van der Waals surface area (Å²) in [6.45, 7) is 1.36. The number of rotatable bonds is 6. The molecule has 1 fully saturated rings. The lowest BCUT2D eigenvalue weighted by Gasteiger charge is -2.15. The zero-order chi connectivity index (χ0) is 22.7. The van der Waals surface area contributed by atoms with Crippen LogP contribution in [0.25, 0.3) is 6.08 Å². The summed E-state index contributed by atoms with van der Waals surface area (Å²) in [5.74, 6) is -2.37. The molecule has 160 valence electrons. The molecule has 1 aliphatic heterocycles. The van der Waals surface area contributed by atoms with Gasteiger partial charge in [-0.15, -0.1) is 0 Å². The van der Waals surface area contributed by atoms with Gasteiger partial charge >= 0.3 is 11.7 Å². The van der Waals surface area contributed by atoms with Crippen molar-refractivity contribution in [2.75, 3.05) is 12.1 Å². The van der Waals surface area contributed by atoms with Crippen molar-refractivity contribution < 1.29 is 28.8 Å². The van der Waals surface area contributed by atoms with Crippen LogP contribution in [0.15, 0.2) is 52.5 Å². The average molecular weight is 490 g/mol. The molecule has 0 unspecified atom stereocenters. The predicted molar refractivity (Wildman–Crippen MR) is 113 cm³/mol. The monoisotopic (exact) mass is 489 g/mol. The minimum atomic E-state index is -1.17. The fourth-order valence-corrected chi connectivity index (χ4v) is 3.30. The molecular weight excluding hydrogens is 474 g/mol. The van der Waals surface area contributed by atoms with Crippen LogP contribution in [0, 0.1) is 10.1 Å². The highest BCUT2D eigenvalue weighted by Crippen LogP contribution is 2.37. The number of nitro benzene ring substituents is 1. The van der Waals surface area contributed by atoms with Crippen LogP contribution < -0.4 is 15.2 Å². The molecule has 2 aromatic carbocycles. The molecule has 2 amide bonds. The van der Waals surface area contributed by atoms with E-state index in [1.165, 1.54) is 25.1 Å². The van der Waals surface area contributed by atoms with E-state index in [9.17, 15) is 24.5 Å². The number of amides is 2. The van der Waals surface area contributed by atoms with Crippen molar-refractivity contribution >= 4 is 51.2 Å². The fraction of sp³-hybridized carbons (Fsp3) is 0.150. The number of nitrogens with zero attached hydrogens (tertiary/aromatic N) is 2. The van der Waals surface area contributed by atoms with Gasteiger partial charge in [-0.25, -0.2) is 9.80 Å². The number of benzene rings is 2. The Balaban J connectivity index is 2.08. The molecule has 3 rings (SSSR count). The van der Waals surface area contributed by atoms with Crippen molar-refractivity contribution in [3.63, 3.8) is 0 Å². The second kappa shape index (κ2) is 8.96. The van der Waals surface area contributed by atoms with E-state index in [2.05, 4.69) is 26.1 Å². The Morgan fingerprint density at radius 2 is 1.94 bits per heavy atom. The molecule has 1 aliphatic rings. The molecule has 1 atom stereocenters. The number of carbonyl (C=O) groups is 3. The first-order valence-corrected chi connectivity index (χ1v) is 9.66. The van der Waals surface area contributed by atoms with Gasteiger partial charge in [-0.2, -0.15) is 0 Å². The molecule has 10 nitrogen and oxygen atoms in total. The van der Waals surface area contributed by atoms with Crippen LogP contribution in [-0.4, -0.2) is 35.9 Å². The molecule has 1 N–H and O–H groups in total. The number of para-hydroxylation sites is 1. The van der Waals surface area contributed by atoms with Gasteiger partial charge in [0.05, 0.1) is 17.7 Å². The second-order valence-electron chi connectivity index (χ2n) is 6.36. The van der Waals surface area contributed by atoms with Gasteiger partial charge in [0.15, 0.2) is 6.10 Å².